The largest absolute Gasteiger partial charge is 0.397 e. The Labute approximate surface area is 154 Å². The van der Waals surface area contributed by atoms with Gasteiger partial charge in [0.2, 0.25) is 5.91 Å². The van der Waals surface area contributed by atoms with Crippen molar-refractivity contribution in [3.8, 4) is 23.1 Å². The molecule has 0 radical (unpaired) electrons. The Morgan fingerprint density at radius 3 is 2.70 bits per heavy atom. The summed E-state index contributed by atoms with van der Waals surface area (Å²) >= 11 is 0. The van der Waals surface area contributed by atoms with Crippen LogP contribution in [0.1, 0.15) is 23.9 Å². The number of pyridine rings is 1. The lowest BCUT2D eigenvalue weighted by Crippen LogP contribution is -2.21. The molecule has 2 atom stereocenters. The SMILES string of the molecule is CN1CCC(C#Cc2cc(-c3ccc(N)c(C(N)O)n3)c(F)cc2F)C1=O. The molecule has 0 bridgehead atoms. The van der Waals surface area contributed by atoms with E-state index in [0.717, 1.165) is 0 Å². The first kappa shape index (κ1) is 18.8. The number of aliphatic hydroxyl groups excluding tert-OH is 1. The van der Waals surface area contributed by atoms with Gasteiger partial charge >= 0.3 is 0 Å². The molecule has 0 spiro atoms. The van der Waals surface area contributed by atoms with E-state index >= 15 is 0 Å². The molecule has 1 saturated heterocycles. The number of nitrogens with two attached hydrogens (primary N) is 2. The first-order valence-corrected chi connectivity index (χ1v) is 8.24. The van der Waals surface area contributed by atoms with Gasteiger partial charge in [0.25, 0.3) is 0 Å². The Kier molecular flexibility index (Phi) is 5.08. The zero-order chi connectivity index (χ0) is 19.7. The van der Waals surface area contributed by atoms with E-state index in [1.807, 2.05) is 0 Å². The summed E-state index contributed by atoms with van der Waals surface area (Å²) in [7, 11) is 1.68. The average molecular weight is 372 g/mol. The first-order valence-electron chi connectivity index (χ1n) is 8.24. The van der Waals surface area contributed by atoms with Gasteiger partial charge in [-0.1, -0.05) is 11.8 Å². The van der Waals surface area contributed by atoms with Crippen molar-refractivity contribution in [1.29, 1.82) is 0 Å². The van der Waals surface area contributed by atoms with E-state index in [4.69, 9.17) is 11.5 Å². The van der Waals surface area contributed by atoms with Crippen LogP contribution < -0.4 is 11.5 Å². The number of nitrogens with zero attached hydrogens (tertiary/aromatic N) is 2. The molecule has 0 saturated carbocycles. The number of hydrogen-bond donors (Lipinski definition) is 3. The minimum Gasteiger partial charge on any atom is -0.397 e. The Balaban J connectivity index is 2.01. The zero-order valence-electron chi connectivity index (χ0n) is 14.5. The normalized spacial score (nSPS) is 17.6. The topological polar surface area (TPSA) is 105 Å². The van der Waals surface area contributed by atoms with Crippen molar-refractivity contribution in [2.75, 3.05) is 19.3 Å². The molecule has 6 nitrogen and oxygen atoms in total. The van der Waals surface area contributed by atoms with E-state index in [1.54, 1.807) is 11.9 Å². The number of amides is 1. The molecule has 27 heavy (non-hydrogen) atoms. The standard InChI is InChI=1S/C19H18F2N4O2/c1-25-7-6-10(19(25)27)2-3-11-8-12(14(21)9-13(11)20)16-5-4-15(22)17(24-16)18(23)26/h4-5,8-10,18,26H,6-7,22-23H2,1H3. The highest BCUT2D eigenvalue weighted by atomic mass is 19.1. The fraction of sp³-hybridized carbons (Fsp3) is 0.263. The molecule has 0 aliphatic carbocycles. The van der Waals surface area contributed by atoms with Crippen LogP contribution in [-0.2, 0) is 4.79 Å². The van der Waals surface area contributed by atoms with Gasteiger partial charge in [0.1, 0.15) is 29.5 Å². The summed E-state index contributed by atoms with van der Waals surface area (Å²) in [4.78, 5) is 17.5. The van der Waals surface area contributed by atoms with Crippen molar-refractivity contribution >= 4 is 11.6 Å². The molecular weight excluding hydrogens is 354 g/mol. The first-order chi connectivity index (χ1) is 12.8. The van der Waals surface area contributed by atoms with Crippen molar-refractivity contribution in [2.45, 2.75) is 12.6 Å². The maximum absolute atomic E-state index is 14.3. The molecule has 1 aromatic heterocycles. The number of carbonyl (C=O) groups excluding carboxylic acids is 1. The van der Waals surface area contributed by atoms with Crippen molar-refractivity contribution in [1.82, 2.24) is 9.88 Å². The number of likely N-dealkylation sites (tertiary alicyclic amines) is 1. The molecule has 3 rings (SSSR count). The van der Waals surface area contributed by atoms with Crippen molar-refractivity contribution in [3.05, 3.63) is 47.2 Å². The smallest absolute Gasteiger partial charge is 0.237 e. The van der Waals surface area contributed by atoms with Crippen LogP contribution in [0.4, 0.5) is 14.5 Å². The molecule has 1 aromatic carbocycles. The van der Waals surface area contributed by atoms with Gasteiger partial charge in [-0.25, -0.2) is 13.8 Å². The average Bonchev–Trinajstić information content (AvgIpc) is 2.93. The maximum Gasteiger partial charge on any atom is 0.237 e. The predicted molar refractivity (Wildman–Crippen MR) is 95.8 cm³/mol. The lowest BCUT2D eigenvalue weighted by molar-refractivity contribution is -0.128. The van der Waals surface area contributed by atoms with E-state index < -0.39 is 23.8 Å². The summed E-state index contributed by atoms with van der Waals surface area (Å²) in [6.07, 6.45) is -0.868. The number of carbonyl (C=O) groups is 1. The molecule has 2 heterocycles. The van der Waals surface area contributed by atoms with Crippen LogP contribution in [0.15, 0.2) is 24.3 Å². The number of rotatable bonds is 2. The van der Waals surface area contributed by atoms with E-state index in [2.05, 4.69) is 16.8 Å². The molecule has 1 aliphatic rings. The number of hydrogen-bond acceptors (Lipinski definition) is 5. The quantitative estimate of drug-likeness (QED) is 0.546. The second kappa shape index (κ2) is 7.31. The fourth-order valence-corrected chi connectivity index (χ4v) is 2.83. The van der Waals surface area contributed by atoms with E-state index in [1.165, 1.54) is 18.2 Å². The minimum atomic E-state index is -1.43. The van der Waals surface area contributed by atoms with Crippen LogP contribution >= 0.6 is 0 Å². The third-order valence-corrected chi connectivity index (χ3v) is 4.38. The Morgan fingerprint density at radius 2 is 2.07 bits per heavy atom. The second-order valence-electron chi connectivity index (χ2n) is 6.30. The van der Waals surface area contributed by atoms with Crippen molar-refractivity contribution in [3.63, 3.8) is 0 Å². The van der Waals surface area contributed by atoms with Gasteiger partial charge in [-0.15, -0.1) is 0 Å². The summed E-state index contributed by atoms with van der Waals surface area (Å²) in [5.41, 5.74) is 11.3. The lowest BCUT2D eigenvalue weighted by Gasteiger charge is -2.11. The molecular formula is C19H18F2N4O2. The Bertz CT molecular complexity index is 966. The van der Waals surface area contributed by atoms with E-state index in [-0.39, 0.29) is 34.1 Å². The van der Waals surface area contributed by atoms with Crippen LogP contribution in [0, 0.1) is 29.4 Å². The van der Waals surface area contributed by atoms with Crippen LogP contribution in [0.25, 0.3) is 11.3 Å². The molecule has 8 heteroatoms. The molecule has 1 amide bonds. The maximum atomic E-state index is 14.3. The molecule has 1 aliphatic heterocycles. The van der Waals surface area contributed by atoms with Crippen LogP contribution in [0.3, 0.4) is 0 Å². The number of aliphatic hydroxyl groups is 1. The number of anilines is 1. The highest BCUT2D eigenvalue weighted by Gasteiger charge is 2.27. The number of aromatic nitrogens is 1. The van der Waals surface area contributed by atoms with Crippen LogP contribution in [0.2, 0.25) is 0 Å². The number of benzene rings is 1. The molecule has 140 valence electrons. The Hall–Kier alpha value is -3.02. The van der Waals surface area contributed by atoms with E-state index in [0.29, 0.717) is 19.0 Å². The number of halogens is 2. The highest BCUT2D eigenvalue weighted by molar-refractivity contribution is 5.83. The third kappa shape index (κ3) is 3.74. The zero-order valence-corrected chi connectivity index (χ0v) is 14.5. The highest BCUT2D eigenvalue weighted by Crippen LogP contribution is 2.27. The van der Waals surface area contributed by atoms with Gasteiger partial charge in [0.15, 0.2) is 0 Å². The summed E-state index contributed by atoms with van der Waals surface area (Å²) in [6, 6.07) is 4.78. The van der Waals surface area contributed by atoms with Gasteiger partial charge in [-0.05, 0) is 24.6 Å². The van der Waals surface area contributed by atoms with Gasteiger partial charge in [0.05, 0.1) is 16.9 Å². The van der Waals surface area contributed by atoms with Gasteiger partial charge in [0, 0.05) is 25.2 Å². The summed E-state index contributed by atoms with van der Waals surface area (Å²) in [6.45, 7) is 0.592. The van der Waals surface area contributed by atoms with Crippen molar-refractivity contribution < 1.29 is 18.7 Å². The van der Waals surface area contributed by atoms with Gasteiger partial charge < -0.3 is 21.5 Å². The lowest BCUT2D eigenvalue weighted by atomic mass is 10.0. The van der Waals surface area contributed by atoms with Crippen LogP contribution in [0.5, 0.6) is 0 Å². The summed E-state index contributed by atoms with van der Waals surface area (Å²) < 4.78 is 28.4. The monoisotopic (exact) mass is 372 g/mol. The molecule has 2 aromatic rings. The molecule has 1 fully saturated rings. The third-order valence-electron chi connectivity index (χ3n) is 4.38. The van der Waals surface area contributed by atoms with Gasteiger partial charge in [-0.3, -0.25) is 4.79 Å². The summed E-state index contributed by atoms with van der Waals surface area (Å²) in [5.74, 6) is 3.08. The Morgan fingerprint density at radius 1 is 1.33 bits per heavy atom. The number of nitrogen functional groups attached to an aromatic ring is 1. The second-order valence-corrected chi connectivity index (χ2v) is 6.30. The van der Waals surface area contributed by atoms with Gasteiger partial charge in [-0.2, -0.15) is 0 Å². The molecule has 2 unspecified atom stereocenters. The van der Waals surface area contributed by atoms with Crippen LogP contribution in [-0.4, -0.2) is 34.5 Å². The minimum absolute atomic E-state index is 0.0107. The summed E-state index contributed by atoms with van der Waals surface area (Å²) in [5, 5.41) is 9.52. The van der Waals surface area contributed by atoms with E-state index in [9.17, 15) is 18.7 Å². The fourth-order valence-electron chi connectivity index (χ4n) is 2.83. The van der Waals surface area contributed by atoms with Crippen molar-refractivity contribution in [2.24, 2.45) is 11.7 Å². The predicted octanol–water partition coefficient (Wildman–Crippen LogP) is 1.39. The molecule has 5 N–H and O–H groups in total.